The van der Waals surface area contributed by atoms with E-state index in [0.29, 0.717) is 4.90 Å². The Bertz CT molecular complexity index is 836. The van der Waals surface area contributed by atoms with Crippen LogP contribution in [-0.4, -0.2) is 21.6 Å². The third-order valence-electron chi connectivity index (χ3n) is 3.98. The molecule has 0 amide bonds. The maximum Gasteiger partial charge on any atom is 0.240 e. The van der Waals surface area contributed by atoms with Crippen LogP contribution in [0.2, 0.25) is 0 Å². The van der Waals surface area contributed by atoms with Crippen LogP contribution in [0.25, 0.3) is 0 Å². The van der Waals surface area contributed by atoms with E-state index in [9.17, 15) is 8.42 Å². The van der Waals surface area contributed by atoms with Crippen molar-refractivity contribution >= 4 is 10.0 Å². The Kier molecular flexibility index (Phi) is 5.91. The second-order valence-electron chi connectivity index (χ2n) is 7.26. The summed E-state index contributed by atoms with van der Waals surface area (Å²) in [4.78, 5) is 0.322. The van der Waals surface area contributed by atoms with Crippen molar-refractivity contribution in [3.8, 4) is 5.75 Å². The Labute approximate surface area is 151 Å². The van der Waals surface area contributed by atoms with Crippen molar-refractivity contribution in [2.24, 2.45) is 0 Å². The molecule has 25 heavy (non-hydrogen) atoms. The molecule has 2 aromatic carbocycles. The van der Waals surface area contributed by atoms with E-state index in [1.807, 2.05) is 43.3 Å². The minimum absolute atomic E-state index is 0.0330. The molecule has 4 nitrogen and oxygen atoms in total. The summed E-state index contributed by atoms with van der Waals surface area (Å²) < 4.78 is 33.4. The molecule has 0 unspecified atom stereocenters. The smallest absolute Gasteiger partial charge is 0.240 e. The predicted molar refractivity (Wildman–Crippen MR) is 102 cm³/mol. The molecular weight excluding hydrogens is 334 g/mol. The number of benzene rings is 2. The summed E-state index contributed by atoms with van der Waals surface area (Å²) >= 11 is 0. The van der Waals surface area contributed by atoms with Gasteiger partial charge >= 0.3 is 0 Å². The van der Waals surface area contributed by atoms with Crippen LogP contribution in [0.15, 0.2) is 47.4 Å². The molecule has 0 aliphatic heterocycles. The molecule has 2 rings (SSSR count). The number of ether oxygens (including phenoxy) is 1. The van der Waals surface area contributed by atoms with Gasteiger partial charge in [0.2, 0.25) is 10.0 Å². The SMILES string of the molecule is Cc1ccc(C)c(S(=O)(=O)NCCOc2ccccc2C(C)(C)C)c1. The third-order valence-corrected chi connectivity index (χ3v) is 5.58. The highest BCUT2D eigenvalue weighted by Crippen LogP contribution is 2.30. The second kappa shape index (κ2) is 7.58. The number of hydrogen-bond acceptors (Lipinski definition) is 3. The topological polar surface area (TPSA) is 55.4 Å². The molecular formula is C20H27NO3S. The second-order valence-corrected chi connectivity index (χ2v) is 9.00. The average molecular weight is 362 g/mol. The van der Waals surface area contributed by atoms with Crippen LogP contribution in [0.3, 0.4) is 0 Å². The van der Waals surface area contributed by atoms with Gasteiger partial charge in [-0.25, -0.2) is 13.1 Å². The minimum atomic E-state index is -3.54. The van der Waals surface area contributed by atoms with Gasteiger partial charge in [-0.2, -0.15) is 0 Å². The molecule has 0 fully saturated rings. The molecule has 0 atom stereocenters. The molecule has 136 valence electrons. The molecule has 0 aromatic heterocycles. The molecule has 0 heterocycles. The van der Waals surface area contributed by atoms with E-state index in [0.717, 1.165) is 22.4 Å². The van der Waals surface area contributed by atoms with Crippen LogP contribution in [0.5, 0.6) is 5.75 Å². The van der Waals surface area contributed by atoms with E-state index in [1.165, 1.54) is 0 Å². The van der Waals surface area contributed by atoms with Crippen molar-refractivity contribution in [1.29, 1.82) is 0 Å². The summed E-state index contributed by atoms with van der Waals surface area (Å²) in [5.74, 6) is 0.793. The van der Waals surface area contributed by atoms with Gasteiger partial charge in [0, 0.05) is 6.54 Å². The van der Waals surface area contributed by atoms with E-state index in [1.54, 1.807) is 13.0 Å². The van der Waals surface area contributed by atoms with Crippen molar-refractivity contribution in [3.05, 3.63) is 59.2 Å². The number of para-hydroxylation sites is 1. The van der Waals surface area contributed by atoms with Gasteiger partial charge < -0.3 is 4.74 Å². The lowest BCUT2D eigenvalue weighted by Crippen LogP contribution is -2.29. The van der Waals surface area contributed by atoms with Crippen molar-refractivity contribution in [1.82, 2.24) is 4.72 Å². The molecule has 0 radical (unpaired) electrons. The zero-order valence-corrected chi connectivity index (χ0v) is 16.4. The molecule has 0 bridgehead atoms. The van der Waals surface area contributed by atoms with Crippen LogP contribution in [0.1, 0.15) is 37.5 Å². The number of aryl methyl sites for hydroxylation is 2. The van der Waals surface area contributed by atoms with Gasteiger partial charge in [0.15, 0.2) is 0 Å². The molecule has 5 heteroatoms. The first-order chi connectivity index (χ1) is 11.6. The summed E-state index contributed by atoms with van der Waals surface area (Å²) in [6, 6.07) is 13.3. The number of hydrogen-bond donors (Lipinski definition) is 1. The summed E-state index contributed by atoms with van der Waals surface area (Å²) in [5.41, 5.74) is 2.72. The van der Waals surface area contributed by atoms with Crippen molar-refractivity contribution in [2.75, 3.05) is 13.2 Å². The summed E-state index contributed by atoms with van der Waals surface area (Å²) in [6.45, 7) is 10.5. The first kappa shape index (κ1) is 19.5. The van der Waals surface area contributed by atoms with Crippen molar-refractivity contribution in [3.63, 3.8) is 0 Å². The van der Waals surface area contributed by atoms with Gasteiger partial charge in [-0.1, -0.05) is 51.1 Å². The fourth-order valence-electron chi connectivity index (χ4n) is 2.62. The maximum absolute atomic E-state index is 12.5. The minimum Gasteiger partial charge on any atom is -0.492 e. The summed E-state index contributed by atoms with van der Waals surface area (Å²) in [6.07, 6.45) is 0. The quantitative estimate of drug-likeness (QED) is 0.793. The molecule has 0 aliphatic carbocycles. The zero-order valence-electron chi connectivity index (χ0n) is 15.6. The standard InChI is InChI=1S/C20H27NO3S/c1-15-10-11-16(2)19(14-15)25(22,23)21-12-13-24-18-9-7-6-8-17(18)20(3,4)5/h6-11,14,21H,12-13H2,1-5H3. The first-order valence-electron chi connectivity index (χ1n) is 8.40. The molecule has 0 spiro atoms. The van der Waals surface area contributed by atoms with Gasteiger partial charge in [0.1, 0.15) is 12.4 Å². The van der Waals surface area contributed by atoms with E-state index in [4.69, 9.17) is 4.74 Å². The van der Waals surface area contributed by atoms with E-state index < -0.39 is 10.0 Å². The Morgan fingerprint density at radius 1 is 1.04 bits per heavy atom. The van der Waals surface area contributed by atoms with Gasteiger partial charge in [-0.05, 0) is 48.1 Å². The third kappa shape index (κ3) is 5.06. The lowest BCUT2D eigenvalue weighted by molar-refractivity contribution is 0.314. The van der Waals surface area contributed by atoms with E-state index in [-0.39, 0.29) is 18.6 Å². The van der Waals surface area contributed by atoms with Crippen LogP contribution in [0.4, 0.5) is 0 Å². The number of nitrogens with one attached hydrogen (secondary N) is 1. The average Bonchev–Trinajstić information content (AvgIpc) is 2.53. The van der Waals surface area contributed by atoms with Crippen molar-refractivity contribution in [2.45, 2.75) is 44.9 Å². The maximum atomic E-state index is 12.5. The van der Waals surface area contributed by atoms with Gasteiger partial charge in [0.25, 0.3) is 0 Å². The van der Waals surface area contributed by atoms with E-state index >= 15 is 0 Å². The first-order valence-corrected chi connectivity index (χ1v) is 9.89. The summed E-state index contributed by atoms with van der Waals surface area (Å²) in [7, 11) is -3.54. The lowest BCUT2D eigenvalue weighted by Gasteiger charge is -2.22. The highest BCUT2D eigenvalue weighted by Gasteiger charge is 2.19. The molecule has 0 saturated carbocycles. The lowest BCUT2D eigenvalue weighted by atomic mass is 9.86. The molecule has 0 saturated heterocycles. The fourth-order valence-corrected chi connectivity index (χ4v) is 3.96. The largest absolute Gasteiger partial charge is 0.492 e. The Morgan fingerprint density at radius 2 is 1.72 bits per heavy atom. The van der Waals surface area contributed by atoms with Crippen LogP contribution >= 0.6 is 0 Å². The normalized spacial score (nSPS) is 12.2. The van der Waals surface area contributed by atoms with Gasteiger partial charge in [0.05, 0.1) is 4.90 Å². The van der Waals surface area contributed by atoms with Gasteiger partial charge in [-0.3, -0.25) is 0 Å². The van der Waals surface area contributed by atoms with E-state index in [2.05, 4.69) is 25.5 Å². The molecule has 1 N–H and O–H groups in total. The fraction of sp³-hybridized carbons (Fsp3) is 0.400. The van der Waals surface area contributed by atoms with Gasteiger partial charge in [-0.15, -0.1) is 0 Å². The number of rotatable bonds is 6. The molecule has 2 aromatic rings. The van der Waals surface area contributed by atoms with Crippen LogP contribution < -0.4 is 9.46 Å². The van der Waals surface area contributed by atoms with Crippen LogP contribution in [-0.2, 0) is 15.4 Å². The Hall–Kier alpha value is -1.85. The number of sulfonamides is 1. The summed E-state index contributed by atoms with van der Waals surface area (Å²) in [5, 5.41) is 0. The molecule has 0 aliphatic rings. The highest BCUT2D eigenvalue weighted by molar-refractivity contribution is 7.89. The Morgan fingerprint density at radius 3 is 2.40 bits per heavy atom. The monoisotopic (exact) mass is 361 g/mol. The van der Waals surface area contributed by atoms with Crippen molar-refractivity contribution < 1.29 is 13.2 Å². The van der Waals surface area contributed by atoms with Crippen LogP contribution in [0, 0.1) is 13.8 Å². The zero-order chi connectivity index (χ0) is 18.7. The predicted octanol–water partition coefficient (Wildman–Crippen LogP) is 3.96. The Balaban J connectivity index is 2.01. The highest BCUT2D eigenvalue weighted by atomic mass is 32.2.